The molecular formula is C24H32O3. The number of fused-ring (bicyclic) bond motifs is 1. The second kappa shape index (κ2) is 8.88. The molecule has 3 heteroatoms. The number of rotatable bonds is 9. The molecule has 1 heterocycles. The molecule has 0 unspecified atom stereocenters. The summed E-state index contributed by atoms with van der Waals surface area (Å²) in [6.45, 7) is 9.60. The van der Waals surface area contributed by atoms with Crippen molar-refractivity contribution >= 4 is 5.97 Å². The lowest BCUT2D eigenvalue weighted by molar-refractivity contribution is -0.151. The predicted molar refractivity (Wildman–Crippen MR) is 108 cm³/mol. The lowest BCUT2D eigenvalue weighted by Gasteiger charge is -2.39. The van der Waals surface area contributed by atoms with Crippen molar-refractivity contribution in [3.8, 4) is 0 Å². The monoisotopic (exact) mass is 368 g/mol. The Bertz CT molecular complexity index is 691. The van der Waals surface area contributed by atoms with Crippen LogP contribution in [0.25, 0.3) is 0 Å². The van der Waals surface area contributed by atoms with Crippen LogP contribution >= 0.6 is 0 Å². The standard InChI is InChI=1S/C24H32O3/c1-4-14-24(3)15-13-20-18(2)23(25)27-21(22(20)24)12-8-9-16-26-17-19-10-6-5-7-11-19/h4-7,10-11,21-22H,1,8-9,12-17H2,2-3H3/t21-,22-,24+/m0/s1. The maximum absolute atomic E-state index is 12.3. The normalized spacial score (nSPS) is 27.4. The van der Waals surface area contributed by atoms with E-state index in [9.17, 15) is 4.79 Å². The summed E-state index contributed by atoms with van der Waals surface area (Å²) in [5.41, 5.74) is 3.54. The molecule has 1 aliphatic carbocycles. The Balaban J connectivity index is 1.51. The van der Waals surface area contributed by atoms with Crippen LogP contribution in [-0.4, -0.2) is 18.7 Å². The van der Waals surface area contributed by atoms with E-state index in [1.54, 1.807) is 0 Å². The van der Waals surface area contributed by atoms with Crippen LogP contribution in [0.2, 0.25) is 0 Å². The molecule has 146 valence electrons. The Labute approximate surface area is 163 Å². The highest BCUT2D eigenvalue weighted by Crippen LogP contribution is 2.54. The first-order valence-corrected chi connectivity index (χ1v) is 10.2. The summed E-state index contributed by atoms with van der Waals surface area (Å²) in [5.74, 6) is 0.230. The molecule has 1 aromatic rings. The molecule has 0 amide bonds. The third kappa shape index (κ3) is 4.52. The van der Waals surface area contributed by atoms with E-state index in [2.05, 4.69) is 25.6 Å². The van der Waals surface area contributed by atoms with Gasteiger partial charge in [0, 0.05) is 18.1 Å². The van der Waals surface area contributed by atoms with E-state index in [1.165, 1.54) is 11.1 Å². The van der Waals surface area contributed by atoms with Gasteiger partial charge in [-0.05, 0) is 56.4 Å². The molecule has 1 aromatic carbocycles. The highest BCUT2D eigenvalue weighted by Gasteiger charge is 2.49. The molecule has 0 bridgehead atoms. The van der Waals surface area contributed by atoms with Gasteiger partial charge in [0.2, 0.25) is 0 Å². The topological polar surface area (TPSA) is 35.5 Å². The summed E-state index contributed by atoms with van der Waals surface area (Å²) < 4.78 is 11.6. The third-order valence-electron chi connectivity index (χ3n) is 6.26. The van der Waals surface area contributed by atoms with Crippen molar-refractivity contribution in [1.29, 1.82) is 0 Å². The highest BCUT2D eigenvalue weighted by molar-refractivity contribution is 5.90. The van der Waals surface area contributed by atoms with Gasteiger partial charge in [0.1, 0.15) is 6.10 Å². The SMILES string of the molecule is C=CC[C@]1(C)CCC2=C(C)C(=O)O[C@@H](CCCCOCc3ccccc3)[C@H]21. The van der Waals surface area contributed by atoms with Gasteiger partial charge < -0.3 is 9.47 Å². The van der Waals surface area contributed by atoms with E-state index < -0.39 is 0 Å². The number of esters is 1. The van der Waals surface area contributed by atoms with Gasteiger partial charge >= 0.3 is 5.97 Å². The van der Waals surface area contributed by atoms with Crippen molar-refractivity contribution in [2.75, 3.05) is 6.61 Å². The maximum atomic E-state index is 12.3. The van der Waals surface area contributed by atoms with Crippen molar-refractivity contribution in [3.63, 3.8) is 0 Å². The van der Waals surface area contributed by atoms with Crippen LogP contribution in [0.5, 0.6) is 0 Å². The fourth-order valence-corrected chi connectivity index (χ4v) is 4.77. The predicted octanol–water partition coefficient (Wildman–Crippen LogP) is 5.61. The van der Waals surface area contributed by atoms with Crippen LogP contribution in [0.4, 0.5) is 0 Å². The Hall–Kier alpha value is -1.87. The fourth-order valence-electron chi connectivity index (χ4n) is 4.77. The van der Waals surface area contributed by atoms with Gasteiger partial charge in [0.25, 0.3) is 0 Å². The summed E-state index contributed by atoms with van der Waals surface area (Å²) in [6, 6.07) is 10.2. The summed E-state index contributed by atoms with van der Waals surface area (Å²) in [5, 5.41) is 0. The summed E-state index contributed by atoms with van der Waals surface area (Å²) in [4.78, 5) is 12.3. The smallest absolute Gasteiger partial charge is 0.333 e. The average molecular weight is 369 g/mol. The zero-order valence-electron chi connectivity index (χ0n) is 16.7. The molecule has 3 atom stereocenters. The van der Waals surface area contributed by atoms with Gasteiger partial charge in [-0.1, -0.05) is 48.9 Å². The van der Waals surface area contributed by atoms with Crippen LogP contribution in [0.15, 0.2) is 54.1 Å². The number of carbonyl (C=O) groups excluding carboxylic acids is 1. The Kier molecular flexibility index (Phi) is 6.54. The lowest BCUT2D eigenvalue weighted by atomic mass is 9.71. The van der Waals surface area contributed by atoms with E-state index in [4.69, 9.17) is 9.47 Å². The molecular weight excluding hydrogens is 336 g/mol. The van der Waals surface area contributed by atoms with E-state index >= 15 is 0 Å². The number of unbranched alkanes of at least 4 members (excludes halogenated alkanes) is 1. The van der Waals surface area contributed by atoms with E-state index in [1.807, 2.05) is 31.2 Å². The molecule has 27 heavy (non-hydrogen) atoms. The largest absolute Gasteiger partial charge is 0.458 e. The van der Waals surface area contributed by atoms with E-state index in [0.29, 0.717) is 12.5 Å². The molecule has 3 nitrogen and oxygen atoms in total. The minimum Gasteiger partial charge on any atom is -0.458 e. The Morgan fingerprint density at radius 2 is 2.07 bits per heavy atom. The minimum atomic E-state index is -0.116. The van der Waals surface area contributed by atoms with Gasteiger partial charge in [0.15, 0.2) is 0 Å². The number of allylic oxidation sites excluding steroid dienone is 1. The van der Waals surface area contributed by atoms with Crippen molar-refractivity contribution in [3.05, 3.63) is 59.7 Å². The first kappa shape index (κ1) is 19.9. The number of benzene rings is 1. The zero-order valence-corrected chi connectivity index (χ0v) is 16.7. The van der Waals surface area contributed by atoms with Gasteiger partial charge in [0.05, 0.1) is 6.61 Å². The zero-order chi connectivity index (χ0) is 19.3. The number of cyclic esters (lactones) is 1. The maximum Gasteiger partial charge on any atom is 0.333 e. The molecule has 0 radical (unpaired) electrons. The highest BCUT2D eigenvalue weighted by atomic mass is 16.5. The van der Waals surface area contributed by atoms with Crippen molar-refractivity contribution in [1.82, 2.24) is 0 Å². The number of carbonyl (C=O) groups is 1. The molecule has 0 N–H and O–H groups in total. The molecule has 0 saturated heterocycles. The first-order valence-electron chi connectivity index (χ1n) is 10.2. The minimum absolute atomic E-state index is 0.00206. The second-order valence-electron chi connectivity index (χ2n) is 8.25. The first-order chi connectivity index (χ1) is 13.0. The number of ether oxygens (including phenoxy) is 2. The number of hydrogen-bond acceptors (Lipinski definition) is 3. The van der Waals surface area contributed by atoms with Crippen LogP contribution < -0.4 is 0 Å². The van der Waals surface area contributed by atoms with Crippen LogP contribution in [0.3, 0.4) is 0 Å². The molecule has 1 fully saturated rings. The summed E-state index contributed by atoms with van der Waals surface area (Å²) in [6.07, 6.45) is 8.04. The lowest BCUT2D eigenvalue weighted by Crippen LogP contribution is -2.40. The van der Waals surface area contributed by atoms with Gasteiger partial charge in [-0.2, -0.15) is 0 Å². The molecule has 3 rings (SSSR count). The second-order valence-corrected chi connectivity index (χ2v) is 8.25. The Morgan fingerprint density at radius 1 is 1.30 bits per heavy atom. The van der Waals surface area contributed by atoms with E-state index in [0.717, 1.165) is 50.7 Å². The molecule has 0 spiro atoms. The van der Waals surface area contributed by atoms with Crippen molar-refractivity contribution in [2.24, 2.45) is 11.3 Å². The van der Waals surface area contributed by atoms with E-state index in [-0.39, 0.29) is 17.5 Å². The van der Waals surface area contributed by atoms with Crippen molar-refractivity contribution < 1.29 is 14.3 Å². The number of hydrogen-bond donors (Lipinski definition) is 0. The van der Waals surface area contributed by atoms with Crippen LogP contribution in [-0.2, 0) is 20.9 Å². The summed E-state index contributed by atoms with van der Waals surface area (Å²) >= 11 is 0. The molecule has 1 aliphatic heterocycles. The molecule has 2 aliphatic rings. The van der Waals surface area contributed by atoms with Gasteiger partial charge in [-0.15, -0.1) is 6.58 Å². The van der Waals surface area contributed by atoms with Gasteiger partial charge in [-0.3, -0.25) is 0 Å². The molecule has 1 saturated carbocycles. The summed E-state index contributed by atoms with van der Waals surface area (Å²) in [7, 11) is 0. The van der Waals surface area contributed by atoms with Crippen LogP contribution in [0.1, 0.15) is 57.9 Å². The fraction of sp³-hybridized carbons (Fsp3) is 0.542. The third-order valence-corrected chi connectivity index (χ3v) is 6.26. The Morgan fingerprint density at radius 3 is 2.81 bits per heavy atom. The van der Waals surface area contributed by atoms with Gasteiger partial charge in [-0.25, -0.2) is 4.79 Å². The average Bonchev–Trinajstić information content (AvgIpc) is 3.01. The quantitative estimate of drug-likeness (QED) is 0.323. The van der Waals surface area contributed by atoms with Crippen LogP contribution in [0, 0.1) is 11.3 Å². The van der Waals surface area contributed by atoms with Crippen molar-refractivity contribution in [2.45, 2.75) is 65.1 Å². The molecule has 0 aromatic heterocycles.